The van der Waals surface area contributed by atoms with Gasteiger partial charge in [-0.25, -0.2) is 4.79 Å². The minimum Gasteiger partial charge on any atom is -0.353 e. The van der Waals surface area contributed by atoms with Crippen molar-refractivity contribution in [1.29, 1.82) is 0 Å². The van der Waals surface area contributed by atoms with E-state index in [1.165, 1.54) is 0 Å². The summed E-state index contributed by atoms with van der Waals surface area (Å²) in [6, 6.07) is 11.2. The molecule has 29 heavy (non-hydrogen) atoms. The molecule has 0 unspecified atom stereocenters. The summed E-state index contributed by atoms with van der Waals surface area (Å²) in [4.78, 5) is 21.1. The van der Waals surface area contributed by atoms with E-state index >= 15 is 0 Å². The molecular weight excluding hydrogens is 390 g/mol. The van der Waals surface area contributed by atoms with Crippen molar-refractivity contribution in [3.8, 4) is 0 Å². The third-order valence-corrected chi connectivity index (χ3v) is 5.80. The van der Waals surface area contributed by atoms with E-state index in [1.807, 2.05) is 24.3 Å². The summed E-state index contributed by atoms with van der Waals surface area (Å²) in [5.74, 6) is 1.79. The predicted molar refractivity (Wildman–Crippen MR) is 116 cm³/mol. The molecule has 1 aromatic heterocycles. The molecule has 0 atom stereocenters. The molecule has 0 radical (unpaired) electrons. The summed E-state index contributed by atoms with van der Waals surface area (Å²) in [5, 5.41) is 12.3. The highest BCUT2D eigenvalue weighted by Gasteiger charge is 2.23. The van der Waals surface area contributed by atoms with Gasteiger partial charge in [-0.15, -0.1) is 10.2 Å². The maximum atomic E-state index is 12.5. The second kappa shape index (κ2) is 8.84. The number of likely N-dealkylation sites (N-methyl/N-ethyl adjacent to an activating group) is 1. The summed E-state index contributed by atoms with van der Waals surface area (Å²) < 4.78 is 0. The molecule has 8 nitrogen and oxygen atoms in total. The second-order valence-electron chi connectivity index (χ2n) is 7.42. The van der Waals surface area contributed by atoms with Gasteiger partial charge >= 0.3 is 6.03 Å². The van der Waals surface area contributed by atoms with E-state index in [2.05, 4.69) is 37.3 Å². The topological polar surface area (TPSA) is 67.8 Å². The number of urea groups is 1. The van der Waals surface area contributed by atoms with Gasteiger partial charge in [0.2, 0.25) is 0 Å². The van der Waals surface area contributed by atoms with Gasteiger partial charge in [-0.05, 0) is 31.3 Å². The Labute approximate surface area is 176 Å². The predicted octanol–water partition coefficient (Wildman–Crippen LogP) is 2.24. The van der Waals surface area contributed by atoms with Gasteiger partial charge in [0.15, 0.2) is 11.6 Å². The molecule has 154 valence electrons. The fourth-order valence-corrected chi connectivity index (χ4v) is 3.77. The standard InChI is InChI=1S/C20H26ClN7O/c1-25-8-10-26(11-9-25)18-6-7-19(24-23-18)27-12-14-28(15-13-27)20(29)22-17-5-3-2-4-16(17)21/h2-7H,8-15H2,1H3,(H,22,29). The number of anilines is 3. The number of carbonyl (C=O) groups is 1. The van der Waals surface area contributed by atoms with Crippen LogP contribution in [0.5, 0.6) is 0 Å². The van der Waals surface area contributed by atoms with E-state index in [1.54, 1.807) is 17.0 Å². The van der Waals surface area contributed by atoms with Crippen LogP contribution in [0.1, 0.15) is 0 Å². The van der Waals surface area contributed by atoms with Gasteiger partial charge in [0.05, 0.1) is 10.7 Å². The first-order valence-corrected chi connectivity index (χ1v) is 10.3. The van der Waals surface area contributed by atoms with Crippen LogP contribution in [0.15, 0.2) is 36.4 Å². The van der Waals surface area contributed by atoms with Crippen molar-refractivity contribution < 1.29 is 4.79 Å². The van der Waals surface area contributed by atoms with Crippen LogP contribution in [0, 0.1) is 0 Å². The van der Waals surface area contributed by atoms with Crippen molar-refractivity contribution in [1.82, 2.24) is 20.0 Å². The normalized spacial score (nSPS) is 18.1. The van der Waals surface area contributed by atoms with E-state index < -0.39 is 0 Å². The highest BCUT2D eigenvalue weighted by Crippen LogP contribution is 2.22. The van der Waals surface area contributed by atoms with E-state index in [-0.39, 0.29) is 6.03 Å². The summed E-state index contributed by atoms with van der Waals surface area (Å²) in [5.41, 5.74) is 0.631. The number of rotatable bonds is 3. The maximum Gasteiger partial charge on any atom is 0.322 e. The molecular formula is C20H26ClN7O. The number of piperazine rings is 2. The van der Waals surface area contributed by atoms with Crippen molar-refractivity contribution in [2.45, 2.75) is 0 Å². The van der Waals surface area contributed by atoms with Crippen molar-refractivity contribution in [3.05, 3.63) is 41.4 Å². The number of carbonyl (C=O) groups excluding carboxylic acids is 1. The van der Waals surface area contributed by atoms with Crippen LogP contribution < -0.4 is 15.1 Å². The first-order valence-electron chi connectivity index (χ1n) is 9.93. The molecule has 0 saturated carbocycles. The molecule has 3 heterocycles. The zero-order valence-corrected chi connectivity index (χ0v) is 17.3. The number of nitrogens with zero attached hydrogens (tertiary/aromatic N) is 6. The molecule has 2 amide bonds. The number of para-hydroxylation sites is 1. The van der Waals surface area contributed by atoms with Crippen LogP contribution in [0.4, 0.5) is 22.1 Å². The quantitative estimate of drug-likeness (QED) is 0.829. The number of nitrogens with one attached hydrogen (secondary N) is 1. The fraction of sp³-hybridized carbons (Fsp3) is 0.450. The molecule has 2 aromatic rings. The van der Waals surface area contributed by atoms with Crippen LogP contribution in [-0.4, -0.2) is 85.4 Å². The number of benzene rings is 1. The van der Waals surface area contributed by atoms with Gasteiger partial charge in [0, 0.05) is 52.4 Å². The SMILES string of the molecule is CN1CCN(c2ccc(N3CCN(C(=O)Nc4ccccc4Cl)CC3)nn2)CC1. The molecule has 0 bridgehead atoms. The summed E-state index contributed by atoms with van der Waals surface area (Å²) >= 11 is 6.12. The first kappa shape index (κ1) is 19.7. The van der Waals surface area contributed by atoms with Crippen molar-refractivity contribution >= 4 is 35.0 Å². The molecule has 2 saturated heterocycles. The molecule has 0 spiro atoms. The lowest BCUT2D eigenvalue weighted by Crippen LogP contribution is -2.50. The molecule has 2 aliphatic rings. The molecule has 9 heteroatoms. The summed E-state index contributed by atoms with van der Waals surface area (Å²) in [7, 11) is 2.14. The third-order valence-electron chi connectivity index (χ3n) is 5.47. The van der Waals surface area contributed by atoms with Gasteiger partial charge < -0.3 is 24.9 Å². The lowest BCUT2D eigenvalue weighted by molar-refractivity contribution is 0.208. The Balaban J connectivity index is 1.30. The Morgan fingerprint density at radius 3 is 1.97 bits per heavy atom. The average molecular weight is 416 g/mol. The number of amides is 2. The summed E-state index contributed by atoms with van der Waals surface area (Å²) in [6.07, 6.45) is 0. The van der Waals surface area contributed by atoms with E-state index in [0.29, 0.717) is 23.8 Å². The number of hydrogen-bond acceptors (Lipinski definition) is 6. The smallest absolute Gasteiger partial charge is 0.322 e. The maximum absolute atomic E-state index is 12.5. The fourth-order valence-electron chi connectivity index (χ4n) is 3.59. The van der Waals surface area contributed by atoms with E-state index in [0.717, 1.165) is 50.9 Å². The lowest BCUT2D eigenvalue weighted by Gasteiger charge is -2.35. The Bertz CT molecular complexity index is 831. The molecule has 4 rings (SSSR count). The minimum atomic E-state index is -0.130. The van der Waals surface area contributed by atoms with Gasteiger partial charge in [-0.1, -0.05) is 23.7 Å². The Hall–Kier alpha value is -2.58. The second-order valence-corrected chi connectivity index (χ2v) is 7.83. The van der Waals surface area contributed by atoms with Crippen LogP contribution in [0.25, 0.3) is 0 Å². The van der Waals surface area contributed by atoms with Crippen LogP contribution >= 0.6 is 11.6 Å². The molecule has 2 fully saturated rings. The number of hydrogen-bond donors (Lipinski definition) is 1. The average Bonchev–Trinajstić information content (AvgIpc) is 2.76. The van der Waals surface area contributed by atoms with Crippen LogP contribution in [-0.2, 0) is 0 Å². The van der Waals surface area contributed by atoms with Gasteiger partial charge in [-0.2, -0.15) is 0 Å². The zero-order chi connectivity index (χ0) is 20.2. The van der Waals surface area contributed by atoms with Crippen molar-refractivity contribution in [2.75, 3.05) is 74.5 Å². The largest absolute Gasteiger partial charge is 0.353 e. The van der Waals surface area contributed by atoms with Crippen LogP contribution in [0.3, 0.4) is 0 Å². The number of aromatic nitrogens is 2. The molecule has 2 aliphatic heterocycles. The Kier molecular flexibility index (Phi) is 6.01. The molecule has 0 aliphatic carbocycles. The van der Waals surface area contributed by atoms with E-state index in [4.69, 9.17) is 11.6 Å². The van der Waals surface area contributed by atoms with Crippen LogP contribution in [0.2, 0.25) is 5.02 Å². The third kappa shape index (κ3) is 4.71. The van der Waals surface area contributed by atoms with Gasteiger partial charge in [0.25, 0.3) is 0 Å². The highest BCUT2D eigenvalue weighted by molar-refractivity contribution is 6.33. The number of halogens is 1. The minimum absolute atomic E-state index is 0.130. The Morgan fingerprint density at radius 1 is 0.862 bits per heavy atom. The van der Waals surface area contributed by atoms with Gasteiger partial charge in [0.1, 0.15) is 0 Å². The Morgan fingerprint density at radius 2 is 1.41 bits per heavy atom. The molecule has 1 N–H and O–H groups in total. The molecule has 1 aromatic carbocycles. The lowest BCUT2D eigenvalue weighted by atomic mass is 10.3. The first-order chi connectivity index (χ1) is 14.1. The van der Waals surface area contributed by atoms with Crippen molar-refractivity contribution in [2.24, 2.45) is 0 Å². The summed E-state index contributed by atoms with van der Waals surface area (Å²) in [6.45, 7) is 6.73. The van der Waals surface area contributed by atoms with Gasteiger partial charge in [-0.3, -0.25) is 0 Å². The van der Waals surface area contributed by atoms with Crippen molar-refractivity contribution in [3.63, 3.8) is 0 Å². The highest BCUT2D eigenvalue weighted by atomic mass is 35.5. The zero-order valence-electron chi connectivity index (χ0n) is 16.6. The monoisotopic (exact) mass is 415 g/mol. The van der Waals surface area contributed by atoms with E-state index in [9.17, 15) is 4.79 Å².